The van der Waals surface area contributed by atoms with Crippen LogP contribution >= 0.6 is 0 Å². The molecule has 2 N–H and O–H groups in total. The van der Waals surface area contributed by atoms with Gasteiger partial charge >= 0.3 is 6.61 Å². The molecule has 90 valence electrons. The van der Waals surface area contributed by atoms with Crippen LogP contribution < -0.4 is 10.5 Å². The summed E-state index contributed by atoms with van der Waals surface area (Å²) in [6, 6.07) is 7.83. The van der Waals surface area contributed by atoms with E-state index in [0.717, 1.165) is 5.69 Å². The number of rotatable bonds is 3. The molecule has 0 atom stereocenters. The van der Waals surface area contributed by atoms with Crippen molar-refractivity contribution in [3.63, 3.8) is 0 Å². The van der Waals surface area contributed by atoms with E-state index in [-0.39, 0.29) is 5.75 Å². The fourth-order valence-corrected chi connectivity index (χ4v) is 1.50. The van der Waals surface area contributed by atoms with E-state index in [9.17, 15) is 8.78 Å². The fraction of sp³-hybridized carbons (Fsp3) is 0.182. The second kappa shape index (κ2) is 4.40. The quantitative estimate of drug-likeness (QED) is 0.894. The average molecular weight is 239 g/mol. The Morgan fingerprint density at radius 1 is 1.29 bits per heavy atom. The molecule has 1 heterocycles. The first-order valence-electron chi connectivity index (χ1n) is 4.93. The van der Waals surface area contributed by atoms with Crippen molar-refractivity contribution in [2.24, 2.45) is 0 Å². The zero-order valence-electron chi connectivity index (χ0n) is 9.10. The van der Waals surface area contributed by atoms with Crippen molar-refractivity contribution < 1.29 is 13.5 Å². The van der Waals surface area contributed by atoms with Gasteiger partial charge in [0, 0.05) is 6.07 Å². The largest absolute Gasteiger partial charge is 0.435 e. The molecule has 0 saturated heterocycles. The van der Waals surface area contributed by atoms with Gasteiger partial charge < -0.3 is 10.5 Å². The number of nitrogens with zero attached hydrogens (tertiary/aromatic N) is 2. The van der Waals surface area contributed by atoms with Gasteiger partial charge in [0.1, 0.15) is 11.6 Å². The highest BCUT2D eigenvalue weighted by Crippen LogP contribution is 2.19. The van der Waals surface area contributed by atoms with Gasteiger partial charge in [-0.05, 0) is 31.2 Å². The van der Waals surface area contributed by atoms with Crippen molar-refractivity contribution in [3.8, 4) is 11.4 Å². The summed E-state index contributed by atoms with van der Waals surface area (Å²) in [6.45, 7) is -1.00. The number of benzene rings is 1. The fourth-order valence-electron chi connectivity index (χ4n) is 1.50. The van der Waals surface area contributed by atoms with E-state index in [1.807, 2.05) is 6.92 Å². The van der Waals surface area contributed by atoms with Crippen LogP contribution in [0.4, 0.5) is 14.6 Å². The lowest BCUT2D eigenvalue weighted by Crippen LogP contribution is -2.03. The van der Waals surface area contributed by atoms with Crippen molar-refractivity contribution in [1.29, 1.82) is 0 Å². The van der Waals surface area contributed by atoms with Gasteiger partial charge in [0.2, 0.25) is 0 Å². The van der Waals surface area contributed by atoms with Gasteiger partial charge in [-0.2, -0.15) is 13.9 Å². The predicted molar refractivity (Wildman–Crippen MR) is 59.3 cm³/mol. The summed E-state index contributed by atoms with van der Waals surface area (Å²) in [4.78, 5) is 0. The van der Waals surface area contributed by atoms with E-state index >= 15 is 0 Å². The highest BCUT2D eigenvalue weighted by atomic mass is 19.3. The molecule has 1 aromatic carbocycles. The third kappa shape index (κ3) is 2.52. The van der Waals surface area contributed by atoms with Crippen molar-refractivity contribution in [2.45, 2.75) is 13.5 Å². The number of aromatic nitrogens is 2. The maximum Gasteiger partial charge on any atom is 0.387 e. The minimum atomic E-state index is -2.82. The van der Waals surface area contributed by atoms with Crippen LogP contribution in [0.2, 0.25) is 0 Å². The van der Waals surface area contributed by atoms with Crippen LogP contribution in [0.1, 0.15) is 5.69 Å². The standard InChI is InChI=1S/C11H11F2N3O/c1-7-6-10(14)16(15-7)8-2-4-9(5-3-8)17-11(12)13/h2-6,11H,14H2,1H3. The van der Waals surface area contributed by atoms with Gasteiger partial charge in [0.25, 0.3) is 0 Å². The van der Waals surface area contributed by atoms with Crippen molar-refractivity contribution in [1.82, 2.24) is 9.78 Å². The first-order chi connectivity index (χ1) is 8.06. The van der Waals surface area contributed by atoms with Gasteiger partial charge in [-0.3, -0.25) is 0 Å². The number of anilines is 1. The molecule has 2 aromatic rings. The second-order valence-corrected chi connectivity index (χ2v) is 3.49. The van der Waals surface area contributed by atoms with E-state index in [0.29, 0.717) is 11.5 Å². The molecule has 0 amide bonds. The first-order valence-corrected chi connectivity index (χ1v) is 4.93. The summed E-state index contributed by atoms with van der Waals surface area (Å²) in [5.41, 5.74) is 7.22. The van der Waals surface area contributed by atoms with Crippen molar-refractivity contribution in [3.05, 3.63) is 36.0 Å². The Morgan fingerprint density at radius 3 is 2.41 bits per heavy atom. The van der Waals surface area contributed by atoms with E-state index in [1.165, 1.54) is 16.8 Å². The molecule has 4 nitrogen and oxygen atoms in total. The Morgan fingerprint density at radius 2 is 1.94 bits per heavy atom. The summed E-state index contributed by atoms with van der Waals surface area (Å²) < 4.78 is 29.7. The van der Waals surface area contributed by atoms with Crippen LogP contribution in [-0.4, -0.2) is 16.4 Å². The Balaban J connectivity index is 2.26. The Kier molecular flexibility index (Phi) is 2.95. The molecule has 0 aliphatic rings. The number of halogens is 2. The Hall–Kier alpha value is -2.11. The topological polar surface area (TPSA) is 53.1 Å². The monoisotopic (exact) mass is 239 g/mol. The average Bonchev–Trinajstić information content (AvgIpc) is 2.58. The number of hydrogen-bond acceptors (Lipinski definition) is 3. The van der Waals surface area contributed by atoms with Crippen LogP contribution in [0.25, 0.3) is 5.69 Å². The molecule has 2 rings (SSSR count). The number of nitrogen functional groups attached to an aromatic ring is 1. The van der Waals surface area contributed by atoms with Crippen LogP contribution in [0.5, 0.6) is 5.75 Å². The summed E-state index contributed by atoms with van der Waals surface area (Å²) >= 11 is 0. The molecule has 0 saturated carbocycles. The molecular weight excluding hydrogens is 228 g/mol. The van der Waals surface area contributed by atoms with Crippen LogP contribution in [0.15, 0.2) is 30.3 Å². The zero-order valence-corrected chi connectivity index (χ0v) is 9.10. The van der Waals surface area contributed by atoms with E-state index in [1.54, 1.807) is 18.2 Å². The minimum Gasteiger partial charge on any atom is -0.435 e. The van der Waals surface area contributed by atoms with E-state index < -0.39 is 6.61 Å². The van der Waals surface area contributed by atoms with Crippen LogP contribution in [0, 0.1) is 6.92 Å². The third-order valence-corrected chi connectivity index (χ3v) is 2.17. The smallest absolute Gasteiger partial charge is 0.387 e. The van der Waals surface area contributed by atoms with Gasteiger partial charge in [0.15, 0.2) is 0 Å². The predicted octanol–water partition coefficient (Wildman–Crippen LogP) is 2.36. The van der Waals surface area contributed by atoms with E-state index in [2.05, 4.69) is 9.84 Å². The molecule has 6 heteroatoms. The third-order valence-electron chi connectivity index (χ3n) is 2.17. The van der Waals surface area contributed by atoms with Gasteiger partial charge in [-0.1, -0.05) is 0 Å². The highest BCUT2D eigenvalue weighted by Gasteiger charge is 2.06. The van der Waals surface area contributed by atoms with Gasteiger partial charge in [-0.15, -0.1) is 0 Å². The minimum absolute atomic E-state index is 0.103. The summed E-state index contributed by atoms with van der Waals surface area (Å²) in [5, 5.41) is 4.17. The van der Waals surface area contributed by atoms with Crippen LogP contribution in [0.3, 0.4) is 0 Å². The summed E-state index contributed by atoms with van der Waals surface area (Å²) in [6.07, 6.45) is 0. The Bertz CT molecular complexity index is 508. The molecular formula is C11H11F2N3O. The molecule has 0 radical (unpaired) electrons. The lowest BCUT2D eigenvalue weighted by atomic mass is 10.3. The summed E-state index contributed by atoms with van der Waals surface area (Å²) in [7, 11) is 0. The SMILES string of the molecule is Cc1cc(N)n(-c2ccc(OC(F)F)cc2)n1. The first kappa shape index (κ1) is 11.4. The molecule has 1 aromatic heterocycles. The number of ether oxygens (including phenoxy) is 1. The molecule has 0 unspecified atom stereocenters. The second-order valence-electron chi connectivity index (χ2n) is 3.49. The molecule has 0 spiro atoms. The van der Waals surface area contributed by atoms with E-state index in [4.69, 9.17) is 5.73 Å². The number of alkyl halides is 2. The molecule has 0 bridgehead atoms. The number of aryl methyl sites for hydroxylation is 1. The van der Waals surface area contributed by atoms with Crippen LogP contribution in [-0.2, 0) is 0 Å². The van der Waals surface area contributed by atoms with Crippen molar-refractivity contribution in [2.75, 3.05) is 5.73 Å². The van der Waals surface area contributed by atoms with Crippen molar-refractivity contribution >= 4 is 5.82 Å². The Labute approximate surface area is 96.6 Å². The normalized spacial score (nSPS) is 10.8. The maximum absolute atomic E-state index is 12.0. The lowest BCUT2D eigenvalue weighted by molar-refractivity contribution is -0.0498. The van der Waals surface area contributed by atoms with Gasteiger partial charge in [-0.25, -0.2) is 4.68 Å². The zero-order chi connectivity index (χ0) is 12.4. The molecule has 0 fully saturated rings. The number of hydrogen-bond donors (Lipinski definition) is 1. The maximum atomic E-state index is 12.0. The molecule has 17 heavy (non-hydrogen) atoms. The number of nitrogens with two attached hydrogens (primary N) is 1. The lowest BCUT2D eigenvalue weighted by Gasteiger charge is -2.06. The molecule has 0 aliphatic carbocycles. The van der Waals surface area contributed by atoms with Gasteiger partial charge in [0.05, 0.1) is 11.4 Å². The summed E-state index contributed by atoms with van der Waals surface area (Å²) in [5.74, 6) is 0.594. The highest BCUT2D eigenvalue weighted by molar-refractivity contribution is 5.44. The molecule has 0 aliphatic heterocycles.